The summed E-state index contributed by atoms with van der Waals surface area (Å²) in [7, 11) is 0. The number of nitro groups is 1. The predicted octanol–water partition coefficient (Wildman–Crippen LogP) is 3.49. The zero-order chi connectivity index (χ0) is 16.6. The largest absolute Gasteiger partial charge is 0.456 e. The van der Waals surface area contributed by atoms with E-state index in [-0.39, 0.29) is 10.6 Å². The Bertz CT molecular complexity index is 869. The van der Waals surface area contributed by atoms with Crippen molar-refractivity contribution in [1.29, 1.82) is 0 Å². The highest BCUT2D eigenvalue weighted by atomic mass is 32.2. The molecule has 3 rings (SSSR count). The molecule has 7 nitrogen and oxygen atoms in total. The summed E-state index contributed by atoms with van der Waals surface area (Å²) in [6.07, 6.45) is 1.43. The Balaban J connectivity index is 1.97. The quantitative estimate of drug-likeness (QED) is 0.525. The van der Waals surface area contributed by atoms with Gasteiger partial charge in [-0.3, -0.25) is 25.0 Å². The number of rotatable bonds is 3. The monoisotopic (exact) mass is 330 g/mol. The van der Waals surface area contributed by atoms with Crippen LogP contribution in [0.4, 0.5) is 10.5 Å². The van der Waals surface area contributed by atoms with E-state index < -0.39 is 16.1 Å². The maximum absolute atomic E-state index is 11.5. The van der Waals surface area contributed by atoms with Gasteiger partial charge in [0.05, 0.1) is 15.4 Å². The van der Waals surface area contributed by atoms with Gasteiger partial charge >= 0.3 is 0 Å². The van der Waals surface area contributed by atoms with Crippen molar-refractivity contribution >= 4 is 34.7 Å². The van der Waals surface area contributed by atoms with Crippen LogP contribution in [-0.2, 0) is 4.79 Å². The van der Waals surface area contributed by atoms with Gasteiger partial charge < -0.3 is 4.42 Å². The number of aryl methyl sites for hydroxylation is 1. The van der Waals surface area contributed by atoms with Crippen molar-refractivity contribution in [2.45, 2.75) is 6.92 Å². The molecule has 0 spiro atoms. The summed E-state index contributed by atoms with van der Waals surface area (Å²) < 4.78 is 5.56. The molecule has 2 heterocycles. The molecule has 0 unspecified atom stereocenters. The number of nitrogens with zero attached hydrogens (tertiary/aromatic N) is 1. The fourth-order valence-corrected chi connectivity index (χ4v) is 2.79. The van der Waals surface area contributed by atoms with Gasteiger partial charge in [-0.05, 0) is 42.4 Å². The number of amides is 2. The normalized spacial score (nSPS) is 16.0. The molecule has 1 aromatic heterocycles. The van der Waals surface area contributed by atoms with Crippen molar-refractivity contribution in [1.82, 2.24) is 5.32 Å². The Morgan fingerprint density at radius 3 is 2.70 bits per heavy atom. The van der Waals surface area contributed by atoms with E-state index in [0.29, 0.717) is 17.1 Å². The summed E-state index contributed by atoms with van der Waals surface area (Å²) in [6, 6.07) is 8.01. The zero-order valence-corrected chi connectivity index (χ0v) is 12.7. The summed E-state index contributed by atoms with van der Waals surface area (Å²) in [5, 5.41) is 12.9. The van der Waals surface area contributed by atoms with Crippen molar-refractivity contribution < 1.29 is 18.9 Å². The van der Waals surface area contributed by atoms with Gasteiger partial charge in [0.15, 0.2) is 0 Å². The van der Waals surface area contributed by atoms with Gasteiger partial charge in [-0.2, -0.15) is 0 Å². The SMILES string of the molecule is Cc1ccc(-c2ccc(C=C3SC(=O)NC3=O)o2)c([N+](=O)[O-])c1. The van der Waals surface area contributed by atoms with E-state index in [1.807, 2.05) is 0 Å². The summed E-state index contributed by atoms with van der Waals surface area (Å²) in [4.78, 5) is 33.5. The Morgan fingerprint density at radius 2 is 2.04 bits per heavy atom. The van der Waals surface area contributed by atoms with Crippen LogP contribution in [0.15, 0.2) is 39.7 Å². The van der Waals surface area contributed by atoms with Crippen molar-refractivity contribution in [2.24, 2.45) is 0 Å². The number of furan rings is 1. The fourth-order valence-electron chi connectivity index (χ4n) is 2.13. The van der Waals surface area contributed by atoms with Gasteiger partial charge in [0.1, 0.15) is 11.5 Å². The first kappa shape index (κ1) is 15.0. The molecule has 1 aliphatic heterocycles. The zero-order valence-electron chi connectivity index (χ0n) is 11.9. The molecule has 1 saturated heterocycles. The summed E-state index contributed by atoms with van der Waals surface area (Å²) in [5.41, 5.74) is 1.07. The number of thioether (sulfide) groups is 1. The van der Waals surface area contributed by atoms with Crippen molar-refractivity contribution in [2.75, 3.05) is 0 Å². The molecule has 0 aliphatic carbocycles. The fraction of sp³-hybridized carbons (Fsp3) is 0.0667. The summed E-state index contributed by atoms with van der Waals surface area (Å²) in [6.45, 7) is 1.77. The molecule has 1 N–H and O–H groups in total. The molecular formula is C15H10N2O5S. The topological polar surface area (TPSA) is 102 Å². The van der Waals surface area contributed by atoms with Crippen LogP contribution < -0.4 is 5.32 Å². The molecule has 1 fully saturated rings. The van der Waals surface area contributed by atoms with Crippen molar-refractivity contribution in [3.63, 3.8) is 0 Å². The van der Waals surface area contributed by atoms with E-state index in [1.54, 1.807) is 31.2 Å². The predicted molar refractivity (Wildman–Crippen MR) is 84.6 cm³/mol. The van der Waals surface area contributed by atoms with Crippen LogP contribution in [0.3, 0.4) is 0 Å². The smallest absolute Gasteiger partial charge is 0.290 e. The van der Waals surface area contributed by atoms with Gasteiger partial charge in [-0.25, -0.2) is 0 Å². The lowest BCUT2D eigenvalue weighted by Crippen LogP contribution is -2.17. The van der Waals surface area contributed by atoms with Crippen LogP contribution in [0.25, 0.3) is 17.4 Å². The van der Waals surface area contributed by atoms with Crippen LogP contribution in [0.5, 0.6) is 0 Å². The summed E-state index contributed by atoms with van der Waals surface area (Å²) >= 11 is 0.777. The molecular weight excluding hydrogens is 320 g/mol. The molecule has 23 heavy (non-hydrogen) atoms. The number of carbonyl (C=O) groups excluding carboxylic acids is 2. The maximum atomic E-state index is 11.5. The van der Waals surface area contributed by atoms with Gasteiger partial charge in [0, 0.05) is 12.1 Å². The second-order valence-corrected chi connectivity index (χ2v) is 5.85. The van der Waals surface area contributed by atoms with E-state index in [4.69, 9.17) is 4.42 Å². The highest BCUT2D eigenvalue weighted by molar-refractivity contribution is 8.18. The third-order valence-electron chi connectivity index (χ3n) is 3.16. The average Bonchev–Trinajstić information content (AvgIpc) is 3.06. The lowest BCUT2D eigenvalue weighted by molar-refractivity contribution is -0.384. The first-order valence-electron chi connectivity index (χ1n) is 6.54. The molecule has 0 radical (unpaired) electrons. The van der Waals surface area contributed by atoms with Crippen molar-refractivity contribution in [3.05, 3.63) is 56.7 Å². The molecule has 2 aromatic rings. The summed E-state index contributed by atoms with van der Waals surface area (Å²) in [5.74, 6) is 0.166. The first-order chi connectivity index (χ1) is 10.9. The number of carbonyl (C=O) groups is 2. The van der Waals surface area contributed by atoms with Crippen LogP contribution in [-0.4, -0.2) is 16.1 Å². The van der Waals surface area contributed by atoms with Gasteiger partial charge in [-0.1, -0.05) is 6.07 Å². The average molecular weight is 330 g/mol. The number of hydrogen-bond acceptors (Lipinski definition) is 6. The minimum atomic E-state index is -0.487. The Kier molecular flexibility index (Phi) is 3.75. The molecule has 116 valence electrons. The van der Waals surface area contributed by atoms with E-state index in [1.165, 1.54) is 12.1 Å². The van der Waals surface area contributed by atoms with E-state index >= 15 is 0 Å². The number of benzene rings is 1. The maximum Gasteiger partial charge on any atom is 0.290 e. The number of imide groups is 1. The highest BCUT2D eigenvalue weighted by Gasteiger charge is 2.25. The number of nitro benzene ring substituents is 1. The lowest BCUT2D eigenvalue weighted by atomic mass is 10.1. The molecule has 1 aliphatic rings. The van der Waals surface area contributed by atoms with Crippen LogP contribution in [0.2, 0.25) is 0 Å². The van der Waals surface area contributed by atoms with Gasteiger partial charge in [0.25, 0.3) is 16.8 Å². The third-order valence-corrected chi connectivity index (χ3v) is 3.97. The van der Waals surface area contributed by atoms with Crippen LogP contribution in [0, 0.1) is 17.0 Å². The Morgan fingerprint density at radius 1 is 1.26 bits per heavy atom. The standard InChI is InChI=1S/C15H10N2O5S/c1-8-2-4-10(11(6-8)17(20)21)12-5-3-9(22-12)7-13-14(18)16-15(19)23-13/h2-7H,1H3,(H,16,18,19). The van der Waals surface area contributed by atoms with Crippen LogP contribution >= 0.6 is 11.8 Å². The number of hydrogen-bond donors (Lipinski definition) is 1. The highest BCUT2D eigenvalue weighted by Crippen LogP contribution is 2.33. The Labute approximate surface area is 134 Å². The number of nitrogens with one attached hydrogen (secondary N) is 1. The molecule has 0 saturated carbocycles. The van der Waals surface area contributed by atoms with E-state index in [2.05, 4.69) is 5.32 Å². The van der Waals surface area contributed by atoms with Gasteiger partial charge in [0.2, 0.25) is 0 Å². The first-order valence-corrected chi connectivity index (χ1v) is 7.36. The molecule has 0 atom stereocenters. The van der Waals surface area contributed by atoms with Crippen LogP contribution in [0.1, 0.15) is 11.3 Å². The second-order valence-electron chi connectivity index (χ2n) is 4.83. The molecule has 2 amide bonds. The lowest BCUT2D eigenvalue weighted by Gasteiger charge is -2.01. The van der Waals surface area contributed by atoms with E-state index in [0.717, 1.165) is 17.3 Å². The van der Waals surface area contributed by atoms with E-state index in [9.17, 15) is 19.7 Å². The van der Waals surface area contributed by atoms with Crippen molar-refractivity contribution in [3.8, 4) is 11.3 Å². The minimum Gasteiger partial charge on any atom is -0.456 e. The molecule has 0 bridgehead atoms. The second kappa shape index (κ2) is 5.73. The molecule has 8 heteroatoms. The van der Waals surface area contributed by atoms with Gasteiger partial charge in [-0.15, -0.1) is 0 Å². The molecule has 1 aromatic carbocycles. The third kappa shape index (κ3) is 3.02. The Hall–Kier alpha value is -2.87. The minimum absolute atomic E-state index is 0.0540.